The molecule has 74 valence electrons. The maximum absolute atomic E-state index is 11.3. The van der Waals surface area contributed by atoms with Crippen LogP contribution in [0.1, 0.15) is 6.42 Å². The zero-order chi connectivity index (χ0) is 10.0. The summed E-state index contributed by atoms with van der Waals surface area (Å²) in [6, 6.07) is -0.870. The van der Waals surface area contributed by atoms with Crippen LogP contribution in [0.15, 0.2) is 0 Å². The number of carbonyl (C=O) groups is 2. The molecule has 1 aliphatic rings. The molecule has 1 unspecified atom stereocenters. The summed E-state index contributed by atoms with van der Waals surface area (Å²) in [6.45, 7) is 0.594. The highest BCUT2D eigenvalue weighted by Gasteiger charge is 2.32. The van der Waals surface area contributed by atoms with Gasteiger partial charge in [-0.1, -0.05) is 0 Å². The number of carbonyl (C=O) groups excluding carboxylic acids is 2. The van der Waals surface area contributed by atoms with E-state index in [0.29, 0.717) is 13.1 Å². The van der Waals surface area contributed by atoms with E-state index in [4.69, 9.17) is 16.6 Å². The Labute approximate surface area is 75.5 Å². The number of aliphatic hydroxyl groups is 1. The minimum absolute atomic E-state index is 0.147. The second-order valence-electron chi connectivity index (χ2n) is 3.17. The molecule has 1 atom stereocenters. The number of likely N-dealkylation sites (tertiary alicyclic amines) is 1. The van der Waals surface area contributed by atoms with Crippen LogP contribution in [-0.2, 0) is 9.59 Å². The van der Waals surface area contributed by atoms with E-state index in [1.165, 1.54) is 4.90 Å². The van der Waals surface area contributed by atoms with Gasteiger partial charge in [-0.15, -0.1) is 0 Å². The van der Waals surface area contributed by atoms with Crippen molar-refractivity contribution in [2.45, 2.75) is 18.6 Å². The molecule has 6 heteroatoms. The molecule has 1 rings (SSSR count). The Bertz CT molecular complexity index is 225. The van der Waals surface area contributed by atoms with Gasteiger partial charge in [-0.25, -0.2) is 0 Å². The molecule has 0 aliphatic carbocycles. The Morgan fingerprint density at radius 1 is 1.54 bits per heavy atom. The maximum Gasteiger partial charge on any atom is 0.240 e. The van der Waals surface area contributed by atoms with Crippen molar-refractivity contribution in [3.8, 4) is 0 Å². The first-order valence-electron chi connectivity index (χ1n) is 4.01. The topological polar surface area (TPSA) is 110 Å². The average Bonchev–Trinajstić information content (AvgIpc) is 1.96. The number of rotatable bonds is 3. The molecule has 1 heterocycles. The van der Waals surface area contributed by atoms with Crippen LogP contribution in [0, 0.1) is 0 Å². The van der Waals surface area contributed by atoms with Gasteiger partial charge in [0, 0.05) is 13.1 Å². The number of amides is 2. The molecule has 0 saturated carbocycles. The van der Waals surface area contributed by atoms with Gasteiger partial charge >= 0.3 is 0 Å². The van der Waals surface area contributed by atoms with Crippen molar-refractivity contribution in [1.82, 2.24) is 4.90 Å². The van der Waals surface area contributed by atoms with Gasteiger partial charge in [-0.3, -0.25) is 9.59 Å². The van der Waals surface area contributed by atoms with Gasteiger partial charge in [0.25, 0.3) is 0 Å². The highest BCUT2D eigenvalue weighted by atomic mass is 16.3. The van der Waals surface area contributed by atoms with Crippen LogP contribution >= 0.6 is 0 Å². The van der Waals surface area contributed by atoms with Gasteiger partial charge in [0.1, 0.15) is 0 Å². The smallest absolute Gasteiger partial charge is 0.240 e. The SMILES string of the molecule is NC(=O)CC(N)C(=O)N1CC(O)C1. The molecule has 0 aromatic rings. The van der Waals surface area contributed by atoms with Crippen molar-refractivity contribution in [3.05, 3.63) is 0 Å². The Balaban J connectivity index is 2.35. The molecule has 1 saturated heterocycles. The van der Waals surface area contributed by atoms with Gasteiger partial charge in [0.05, 0.1) is 18.6 Å². The third-order valence-corrected chi connectivity index (χ3v) is 1.91. The molecule has 0 bridgehead atoms. The summed E-state index contributed by atoms with van der Waals surface area (Å²) in [4.78, 5) is 23.1. The monoisotopic (exact) mass is 187 g/mol. The molecule has 0 radical (unpaired) electrons. The van der Waals surface area contributed by atoms with Gasteiger partial charge < -0.3 is 21.5 Å². The lowest BCUT2D eigenvalue weighted by Crippen LogP contribution is -2.58. The first-order chi connectivity index (χ1) is 6.00. The first kappa shape index (κ1) is 9.94. The lowest BCUT2D eigenvalue weighted by Gasteiger charge is -2.37. The third kappa shape index (κ3) is 2.40. The largest absolute Gasteiger partial charge is 0.389 e. The molecule has 13 heavy (non-hydrogen) atoms. The zero-order valence-corrected chi connectivity index (χ0v) is 7.14. The van der Waals surface area contributed by atoms with Crippen molar-refractivity contribution in [3.63, 3.8) is 0 Å². The lowest BCUT2D eigenvalue weighted by atomic mass is 10.1. The third-order valence-electron chi connectivity index (χ3n) is 1.91. The Morgan fingerprint density at radius 2 is 2.08 bits per heavy atom. The summed E-state index contributed by atoms with van der Waals surface area (Å²) < 4.78 is 0. The molecule has 0 aromatic carbocycles. The lowest BCUT2D eigenvalue weighted by molar-refractivity contribution is -0.143. The van der Waals surface area contributed by atoms with E-state index in [-0.39, 0.29) is 12.3 Å². The minimum atomic E-state index is -0.870. The highest BCUT2D eigenvalue weighted by Crippen LogP contribution is 2.09. The number of hydrogen-bond donors (Lipinski definition) is 3. The quantitative estimate of drug-likeness (QED) is 0.449. The first-order valence-corrected chi connectivity index (χ1v) is 4.01. The molecule has 6 nitrogen and oxygen atoms in total. The van der Waals surface area contributed by atoms with Crippen LogP contribution < -0.4 is 11.5 Å². The molecule has 1 aliphatic heterocycles. The normalized spacial score (nSPS) is 19.4. The summed E-state index contributed by atoms with van der Waals surface area (Å²) in [5.41, 5.74) is 10.3. The van der Waals surface area contributed by atoms with E-state index in [9.17, 15) is 9.59 Å². The van der Waals surface area contributed by atoms with E-state index in [1.807, 2.05) is 0 Å². The number of hydrogen-bond acceptors (Lipinski definition) is 4. The van der Waals surface area contributed by atoms with Gasteiger partial charge in [-0.2, -0.15) is 0 Å². The summed E-state index contributed by atoms with van der Waals surface area (Å²) >= 11 is 0. The maximum atomic E-state index is 11.3. The predicted molar refractivity (Wildman–Crippen MR) is 44.4 cm³/mol. The van der Waals surface area contributed by atoms with E-state index in [2.05, 4.69) is 0 Å². The number of β-amino-alcohol motifs (C(OH)–C–C–N with tert-alkyl or cyclic N) is 1. The van der Waals surface area contributed by atoms with Crippen LogP contribution in [-0.4, -0.2) is 47.1 Å². The molecular formula is C7H13N3O3. The summed E-state index contributed by atoms with van der Waals surface area (Å²) in [6.07, 6.45) is -0.601. The van der Waals surface area contributed by atoms with Gasteiger partial charge in [0.2, 0.25) is 11.8 Å². The number of primary amides is 1. The van der Waals surface area contributed by atoms with Crippen molar-refractivity contribution in [1.29, 1.82) is 0 Å². The van der Waals surface area contributed by atoms with Crippen molar-refractivity contribution in [2.24, 2.45) is 11.5 Å². The standard InChI is InChI=1S/C7H13N3O3/c8-5(1-6(9)12)7(13)10-2-4(11)3-10/h4-5,11H,1-3,8H2,(H2,9,12). The van der Waals surface area contributed by atoms with Crippen LogP contribution in [0.3, 0.4) is 0 Å². The number of nitrogens with two attached hydrogens (primary N) is 2. The van der Waals surface area contributed by atoms with Gasteiger partial charge in [0.15, 0.2) is 0 Å². The molecule has 2 amide bonds. The summed E-state index contributed by atoms with van der Waals surface area (Å²) in [7, 11) is 0. The Hall–Kier alpha value is -1.14. The van der Waals surface area contributed by atoms with Crippen LogP contribution in [0.25, 0.3) is 0 Å². The van der Waals surface area contributed by atoms with E-state index in [0.717, 1.165) is 0 Å². The molecular weight excluding hydrogens is 174 g/mol. The minimum Gasteiger partial charge on any atom is -0.389 e. The number of aliphatic hydroxyl groups excluding tert-OH is 1. The Kier molecular flexibility index (Phi) is 2.84. The van der Waals surface area contributed by atoms with Crippen LogP contribution in [0.5, 0.6) is 0 Å². The second kappa shape index (κ2) is 3.71. The van der Waals surface area contributed by atoms with E-state index >= 15 is 0 Å². The van der Waals surface area contributed by atoms with E-state index < -0.39 is 18.1 Å². The summed E-state index contributed by atoms with van der Waals surface area (Å²) in [5.74, 6) is -0.925. The van der Waals surface area contributed by atoms with Crippen molar-refractivity contribution >= 4 is 11.8 Å². The predicted octanol–water partition coefficient (Wildman–Crippen LogP) is -2.61. The molecule has 0 aromatic heterocycles. The van der Waals surface area contributed by atoms with Crippen LogP contribution in [0.4, 0.5) is 0 Å². The average molecular weight is 187 g/mol. The zero-order valence-electron chi connectivity index (χ0n) is 7.14. The number of nitrogens with zero attached hydrogens (tertiary/aromatic N) is 1. The fourth-order valence-electron chi connectivity index (χ4n) is 1.17. The fourth-order valence-corrected chi connectivity index (χ4v) is 1.17. The fraction of sp³-hybridized carbons (Fsp3) is 0.714. The second-order valence-corrected chi connectivity index (χ2v) is 3.17. The molecule has 0 spiro atoms. The highest BCUT2D eigenvalue weighted by molar-refractivity contribution is 5.88. The van der Waals surface area contributed by atoms with Gasteiger partial charge in [-0.05, 0) is 0 Å². The Morgan fingerprint density at radius 3 is 2.46 bits per heavy atom. The molecule has 5 N–H and O–H groups in total. The summed E-state index contributed by atoms with van der Waals surface area (Å²) in [5, 5.41) is 8.90. The van der Waals surface area contributed by atoms with E-state index in [1.54, 1.807) is 0 Å². The van der Waals surface area contributed by atoms with Crippen molar-refractivity contribution < 1.29 is 14.7 Å². The van der Waals surface area contributed by atoms with Crippen molar-refractivity contribution in [2.75, 3.05) is 13.1 Å². The molecule has 1 fully saturated rings. The van der Waals surface area contributed by atoms with Crippen LogP contribution in [0.2, 0.25) is 0 Å².